The molecule has 21 heavy (non-hydrogen) atoms. The van der Waals surface area contributed by atoms with Gasteiger partial charge < -0.3 is 5.32 Å². The van der Waals surface area contributed by atoms with E-state index in [4.69, 9.17) is 4.98 Å². The highest BCUT2D eigenvalue weighted by atomic mass is 32.2. The molecule has 2 nitrogen and oxygen atoms in total. The molecule has 1 aromatic carbocycles. The Balaban J connectivity index is 1.96. The molecular formula is C16H20N2S3. The zero-order chi connectivity index (χ0) is 14.7. The van der Waals surface area contributed by atoms with Crippen molar-refractivity contribution < 1.29 is 0 Å². The Hall–Kier alpha value is -0.490. The van der Waals surface area contributed by atoms with Gasteiger partial charge in [0, 0.05) is 33.7 Å². The average molecular weight is 337 g/mol. The second kappa shape index (κ2) is 7.18. The zero-order valence-corrected chi connectivity index (χ0v) is 14.8. The molecule has 2 heterocycles. The first-order valence-corrected chi connectivity index (χ1v) is 10.1. The first-order valence-electron chi connectivity index (χ1n) is 7.22. The van der Waals surface area contributed by atoms with Crippen molar-refractivity contribution in [2.24, 2.45) is 0 Å². The first-order chi connectivity index (χ1) is 10.3. The minimum absolute atomic E-state index is 0.543. The van der Waals surface area contributed by atoms with E-state index < -0.39 is 0 Å². The summed E-state index contributed by atoms with van der Waals surface area (Å²) in [4.78, 5) is 6.37. The number of aromatic nitrogens is 1. The Bertz CT molecular complexity index is 582. The van der Waals surface area contributed by atoms with E-state index in [1.54, 1.807) is 0 Å². The lowest BCUT2D eigenvalue weighted by molar-refractivity contribution is 0.830. The van der Waals surface area contributed by atoms with Gasteiger partial charge in [-0.1, -0.05) is 37.3 Å². The van der Waals surface area contributed by atoms with E-state index in [1.165, 1.54) is 27.0 Å². The smallest absolute Gasteiger partial charge is 0.108 e. The SMILES string of the molecule is CNCc1sc(C2SCCSC2C)nc1-c1ccccc1. The van der Waals surface area contributed by atoms with Crippen LogP contribution in [0.1, 0.15) is 22.1 Å². The van der Waals surface area contributed by atoms with Crippen LogP contribution in [0.25, 0.3) is 11.3 Å². The normalized spacial score (nSPS) is 22.4. The molecule has 2 unspecified atom stereocenters. The molecule has 1 aromatic heterocycles. The summed E-state index contributed by atoms with van der Waals surface area (Å²) < 4.78 is 0. The van der Waals surface area contributed by atoms with Gasteiger partial charge in [-0.05, 0) is 7.05 Å². The van der Waals surface area contributed by atoms with Crippen LogP contribution in [0.15, 0.2) is 30.3 Å². The lowest BCUT2D eigenvalue weighted by Gasteiger charge is -2.25. The van der Waals surface area contributed by atoms with Gasteiger partial charge in [0.05, 0.1) is 10.9 Å². The second-order valence-corrected chi connectivity index (χ2v) is 8.94. The summed E-state index contributed by atoms with van der Waals surface area (Å²) in [5.41, 5.74) is 2.39. The van der Waals surface area contributed by atoms with Crippen LogP contribution in [0, 0.1) is 0 Å². The quantitative estimate of drug-likeness (QED) is 0.892. The molecule has 3 rings (SSSR count). The molecule has 2 aromatic rings. The molecule has 1 N–H and O–H groups in total. The van der Waals surface area contributed by atoms with E-state index >= 15 is 0 Å². The van der Waals surface area contributed by atoms with Gasteiger partial charge in [-0.3, -0.25) is 0 Å². The van der Waals surface area contributed by atoms with Gasteiger partial charge in [-0.25, -0.2) is 4.98 Å². The topological polar surface area (TPSA) is 24.9 Å². The number of hydrogen-bond acceptors (Lipinski definition) is 5. The van der Waals surface area contributed by atoms with Crippen molar-refractivity contribution in [3.05, 3.63) is 40.2 Å². The Morgan fingerprint density at radius 2 is 1.95 bits per heavy atom. The molecule has 0 bridgehead atoms. The Morgan fingerprint density at radius 3 is 2.67 bits per heavy atom. The zero-order valence-electron chi connectivity index (χ0n) is 12.3. The Morgan fingerprint density at radius 1 is 1.19 bits per heavy atom. The van der Waals surface area contributed by atoms with Crippen molar-refractivity contribution in [3.63, 3.8) is 0 Å². The summed E-state index contributed by atoms with van der Waals surface area (Å²) in [6.07, 6.45) is 0. The third kappa shape index (κ3) is 3.47. The molecular weight excluding hydrogens is 316 g/mol. The van der Waals surface area contributed by atoms with Gasteiger partial charge in [0.25, 0.3) is 0 Å². The number of rotatable bonds is 4. The summed E-state index contributed by atoms with van der Waals surface area (Å²) in [5.74, 6) is 2.50. The number of hydrogen-bond donors (Lipinski definition) is 1. The van der Waals surface area contributed by atoms with Crippen LogP contribution in [-0.2, 0) is 6.54 Å². The fraction of sp³-hybridized carbons (Fsp3) is 0.438. The Labute approximate surface area is 139 Å². The van der Waals surface area contributed by atoms with E-state index in [0.29, 0.717) is 10.5 Å². The molecule has 5 heteroatoms. The summed E-state index contributed by atoms with van der Waals surface area (Å²) in [6.45, 7) is 3.23. The maximum Gasteiger partial charge on any atom is 0.108 e. The molecule has 0 spiro atoms. The molecule has 1 saturated heterocycles. The predicted molar refractivity (Wildman–Crippen MR) is 97.4 cm³/mol. The van der Waals surface area contributed by atoms with E-state index in [0.717, 1.165) is 12.2 Å². The van der Waals surface area contributed by atoms with Crippen molar-refractivity contribution in [2.45, 2.75) is 24.0 Å². The summed E-state index contributed by atoms with van der Waals surface area (Å²) >= 11 is 6.02. The van der Waals surface area contributed by atoms with Gasteiger partial charge in [-0.2, -0.15) is 11.8 Å². The van der Waals surface area contributed by atoms with Crippen molar-refractivity contribution in [2.75, 3.05) is 18.6 Å². The third-order valence-corrected chi connectivity index (χ3v) is 7.92. The number of thioether (sulfide) groups is 2. The number of benzene rings is 1. The molecule has 0 radical (unpaired) electrons. The Kier molecular flexibility index (Phi) is 5.27. The molecule has 0 amide bonds. The molecule has 1 aliphatic rings. The van der Waals surface area contributed by atoms with Crippen LogP contribution in [0.3, 0.4) is 0 Å². The van der Waals surface area contributed by atoms with Crippen LogP contribution >= 0.6 is 34.9 Å². The van der Waals surface area contributed by atoms with Crippen molar-refractivity contribution in [1.82, 2.24) is 10.3 Å². The molecule has 0 saturated carbocycles. The van der Waals surface area contributed by atoms with E-state index in [2.05, 4.69) is 66.1 Å². The largest absolute Gasteiger partial charge is 0.315 e. The van der Waals surface area contributed by atoms with Gasteiger partial charge in [0.15, 0.2) is 0 Å². The van der Waals surface area contributed by atoms with Crippen LogP contribution in [0.4, 0.5) is 0 Å². The number of nitrogens with one attached hydrogen (secondary N) is 1. The van der Waals surface area contributed by atoms with Gasteiger partial charge in [-0.15, -0.1) is 23.1 Å². The lowest BCUT2D eigenvalue weighted by atomic mass is 10.1. The van der Waals surface area contributed by atoms with Gasteiger partial charge in [0.1, 0.15) is 5.01 Å². The minimum Gasteiger partial charge on any atom is -0.315 e. The molecule has 0 aliphatic carbocycles. The predicted octanol–water partition coefficient (Wildman–Crippen LogP) is 4.44. The standard InChI is InChI=1S/C16H20N2S3/c1-11-15(20-9-8-19-11)16-18-14(13(21-16)10-17-2)12-6-4-3-5-7-12/h3-7,11,15,17H,8-10H2,1-2H3. The van der Waals surface area contributed by atoms with Crippen molar-refractivity contribution >= 4 is 34.9 Å². The third-order valence-electron chi connectivity index (χ3n) is 3.53. The lowest BCUT2D eigenvalue weighted by Crippen LogP contribution is -2.15. The van der Waals surface area contributed by atoms with Crippen molar-refractivity contribution in [1.29, 1.82) is 0 Å². The maximum absolute atomic E-state index is 5.02. The number of nitrogens with zero attached hydrogens (tertiary/aromatic N) is 1. The van der Waals surface area contributed by atoms with Crippen molar-refractivity contribution in [3.8, 4) is 11.3 Å². The minimum atomic E-state index is 0.543. The fourth-order valence-electron chi connectivity index (χ4n) is 2.50. The van der Waals surface area contributed by atoms with Crippen LogP contribution in [0.2, 0.25) is 0 Å². The highest BCUT2D eigenvalue weighted by Crippen LogP contribution is 2.45. The first kappa shape index (κ1) is 15.4. The maximum atomic E-state index is 5.02. The van der Waals surface area contributed by atoms with Crippen LogP contribution in [-0.4, -0.2) is 28.8 Å². The molecule has 1 aliphatic heterocycles. The monoisotopic (exact) mass is 336 g/mol. The number of thiazole rings is 1. The van der Waals surface area contributed by atoms with E-state index in [1.807, 2.05) is 18.4 Å². The summed E-state index contributed by atoms with van der Waals surface area (Å²) in [6, 6.07) is 10.6. The molecule has 1 fully saturated rings. The van der Waals surface area contributed by atoms with E-state index in [-0.39, 0.29) is 0 Å². The van der Waals surface area contributed by atoms with Gasteiger partial charge >= 0.3 is 0 Å². The fourth-order valence-corrected chi connectivity index (χ4v) is 6.76. The van der Waals surface area contributed by atoms with Crippen LogP contribution < -0.4 is 5.32 Å². The van der Waals surface area contributed by atoms with Gasteiger partial charge in [0.2, 0.25) is 0 Å². The van der Waals surface area contributed by atoms with Crippen LogP contribution in [0.5, 0.6) is 0 Å². The molecule has 112 valence electrons. The highest BCUT2D eigenvalue weighted by molar-refractivity contribution is 8.06. The summed E-state index contributed by atoms with van der Waals surface area (Å²) in [5, 5.41) is 5.77. The second-order valence-electron chi connectivity index (χ2n) is 5.09. The van der Waals surface area contributed by atoms with E-state index in [9.17, 15) is 0 Å². The highest BCUT2D eigenvalue weighted by Gasteiger charge is 2.28. The summed E-state index contributed by atoms with van der Waals surface area (Å²) in [7, 11) is 2.00. The molecule has 2 atom stereocenters. The average Bonchev–Trinajstić information content (AvgIpc) is 2.93.